The Morgan fingerprint density at radius 3 is 2.44 bits per heavy atom. The van der Waals surface area contributed by atoms with Crippen LogP contribution in [0.1, 0.15) is 53.3 Å². The van der Waals surface area contributed by atoms with Crippen LogP contribution in [-0.2, 0) is 6.18 Å². The van der Waals surface area contributed by atoms with E-state index in [9.17, 15) is 31.5 Å². The number of rotatable bonds is 6. The van der Waals surface area contributed by atoms with E-state index in [4.69, 9.17) is 0 Å². The fourth-order valence-corrected chi connectivity index (χ4v) is 5.40. The molecule has 1 amide bonds. The van der Waals surface area contributed by atoms with Crippen molar-refractivity contribution in [2.24, 2.45) is 11.8 Å². The molecular weight excluding hydrogens is 483 g/mol. The van der Waals surface area contributed by atoms with Crippen LogP contribution in [-0.4, -0.2) is 47.5 Å². The Kier molecular flexibility index (Phi) is 5.89. The molecule has 6 nitrogen and oxygen atoms in total. The fourth-order valence-electron chi connectivity index (χ4n) is 5.40. The van der Waals surface area contributed by atoms with E-state index in [0.29, 0.717) is 11.8 Å². The predicted molar refractivity (Wildman–Crippen MR) is 123 cm³/mol. The number of carbonyl (C=O) groups is 1. The Hall–Kier alpha value is -2.95. The number of hydrogen-bond donors (Lipinski definition) is 2. The summed E-state index contributed by atoms with van der Waals surface area (Å²) in [5, 5.41) is 5.92. The first-order chi connectivity index (χ1) is 16.8. The van der Waals surface area contributed by atoms with Gasteiger partial charge in [0.15, 0.2) is 0 Å². The zero-order chi connectivity index (χ0) is 26.0. The number of anilines is 1. The van der Waals surface area contributed by atoms with Crippen molar-refractivity contribution in [3.05, 3.63) is 63.6 Å². The number of likely N-dealkylation sites (tertiary alicyclic amines) is 1. The van der Waals surface area contributed by atoms with Crippen LogP contribution >= 0.6 is 0 Å². The molecule has 5 rings (SSSR count). The van der Waals surface area contributed by atoms with Crippen molar-refractivity contribution in [2.75, 3.05) is 25.5 Å². The van der Waals surface area contributed by atoms with Crippen LogP contribution in [0.15, 0.2) is 41.3 Å². The molecule has 0 spiro atoms. The predicted octanol–water partition coefficient (Wildman–Crippen LogP) is 4.30. The molecule has 0 bridgehead atoms. The largest absolute Gasteiger partial charge is 0.416 e. The van der Waals surface area contributed by atoms with Crippen molar-refractivity contribution in [3.8, 4) is 0 Å². The maximum Gasteiger partial charge on any atom is 0.416 e. The normalized spacial score (nSPS) is 27.6. The van der Waals surface area contributed by atoms with E-state index in [1.807, 2.05) is 7.05 Å². The van der Waals surface area contributed by atoms with Crippen LogP contribution in [0.3, 0.4) is 0 Å². The third-order valence-corrected chi connectivity index (χ3v) is 7.66. The van der Waals surface area contributed by atoms with Gasteiger partial charge < -0.3 is 20.1 Å². The summed E-state index contributed by atoms with van der Waals surface area (Å²) >= 11 is 0. The van der Waals surface area contributed by atoms with Gasteiger partial charge in [0, 0.05) is 37.8 Å². The van der Waals surface area contributed by atoms with Crippen LogP contribution in [0.25, 0.3) is 0 Å². The van der Waals surface area contributed by atoms with Crippen LogP contribution in [0.5, 0.6) is 0 Å². The molecule has 2 aromatic rings. The minimum absolute atomic E-state index is 0.00875. The van der Waals surface area contributed by atoms with Gasteiger partial charge in [-0.25, -0.2) is 8.78 Å². The zero-order valence-corrected chi connectivity index (χ0v) is 19.8. The Bertz CT molecular complexity index is 1230. The SMILES string of the molecule is C[C@@H](NC(=O)c1cn([C@@H]2CCC2(F)F)c(=O)cc1N[C@H]1[C@@H]2CN(C)C[C@@H]21)c1cccc(C(F)(F)F)c1. The van der Waals surface area contributed by atoms with Gasteiger partial charge in [-0.05, 0) is 49.9 Å². The van der Waals surface area contributed by atoms with Crippen molar-refractivity contribution in [3.63, 3.8) is 0 Å². The highest BCUT2D eigenvalue weighted by Crippen LogP contribution is 2.48. The smallest absolute Gasteiger partial charge is 0.381 e. The van der Waals surface area contributed by atoms with Gasteiger partial charge in [0.1, 0.15) is 6.04 Å². The summed E-state index contributed by atoms with van der Waals surface area (Å²) < 4.78 is 68.5. The Morgan fingerprint density at radius 1 is 1.17 bits per heavy atom. The number of hydrogen-bond acceptors (Lipinski definition) is 4. The summed E-state index contributed by atoms with van der Waals surface area (Å²) in [7, 11) is 2.01. The molecule has 0 radical (unpaired) electrons. The van der Waals surface area contributed by atoms with Gasteiger partial charge in [-0.15, -0.1) is 0 Å². The molecule has 3 fully saturated rings. The van der Waals surface area contributed by atoms with Crippen molar-refractivity contribution < 1.29 is 26.7 Å². The summed E-state index contributed by atoms with van der Waals surface area (Å²) in [5.41, 5.74) is -0.975. The topological polar surface area (TPSA) is 66.4 Å². The number of nitrogens with zero attached hydrogens (tertiary/aromatic N) is 2. The summed E-state index contributed by atoms with van der Waals surface area (Å²) in [6, 6.07) is 3.74. The van der Waals surface area contributed by atoms with Crippen LogP contribution in [0.2, 0.25) is 0 Å². The minimum Gasteiger partial charge on any atom is -0.381 e. The minimum atomic E-state index is -4.53. The molecule has 1 saturated heterocycles. The lowest BCUT2D eigenvalue weighted by molar-refractivity contribution is -0.137. The lowest BCUT2D eigenvalue weighted by Crippen LogP contribution is -2.45. The standard InChI is InChI=1S/C25H27F5N4O2/c1-13(14-4-3-5-15(8-14)25(28,29)30)31-23(36)18-12-34(20-6-7-24(20,26)27)21(35)9-19(18)32-22-16-10-33(2)11-17(16)22/h3-5,8-9,12-13,16-17,20,22,32H,6-7,10-11H2,1-2H3,(H,31,36)/t13-,16-,17+,20-,22+/m1/s1. The first kappa shape index (κ1) is 24.7. The molecule has 11 heteroatoms. The second kappa shape index (κ2) is 8.57. The molecule has 0 unspecified atom stereocenters. The van der Waals surface area contributed by atoms with E-state index in [1.165, 1.54) is 25.1 Å². The number of benzene rings is 1. The molecule has 2 heterocycles. The molecule has 2 N–H and O–H groups in total. The van der Waals surface area contributed by atoms with E-state index in [1.54, 1.807) is 0 Å². The lowest BCUT2D eigenvalue weighted by atomic mass is 9.87. The van der Waals surface area contributed by atoms with Crippen LogP contribution < -0.4 is 16.2 Å². The molecule has 1 aliphatic heterocycles. The number of pyridine rings is 1. The second-order valence-corrected chi connectivity index (χ2v) is 10.2. The van der Waals surface area contributed by atoms with E-state index < -0.39 is 41.2 Å². The molecule has 2 saturated carbocycles. The number of halogens is 5. The van der Waals surface area contributed by atoms with Crippen molar-refractivity contribution >= 4 is 11.6 Å². The Labute approximate surface area is 204 Å². The second-order valence-electron chi connectivity index (χ2n) is 10.2. The monoisotopic (exact) mass is 510 g/mol. The van der Waals surface area contributed by atoms with Crippen molar-refractivity contribution in [2.45, 2.75) is 50.0 Å². The molecular formula is C25H27F5N4O2. The summed E-state index contributed by atoms with van der Waals surface area (Å²) in [5.74, 6) is -2.97. The lowest BCUT2D eigenvalue weighted by Gasteiger charge is -2.37. The number of nitrogens with one attached hydrogen (secondary N) is 2. The molecule has 2 aliphatic carbocycles. The van der Waals surface area contributed by atoms with Gasteiger partial charge >= 0.3 is 6.18 Å². The number of amides is 1. The average molecular weight is 511 g/mol. The first-order valence-electron chi connectivity index (χ1n) is 11.9. The van der Waals surface area contributed by atoms with E-state index in [0.717, 1.165) is 36.0 Å². The number of piperidine rings is 1. The van der Waals surface area contributed by atoms with Gasteiger partial charge in [0.2, 0.25) is 0 Å². The quantitative estimate of drug-likeness (QED) is 0.569. The first-order valence-corrected chi connectivity index (χ1v) is 11.9. The van der Waals surface area contributed by atoms with Gasteiger partial charge in [-0.1, -0.05) is 12.1 Å². The highest BCUT2D eigenvalue weighted by molar-refractivity contribution is 5.99. The molecule has 3 aliphatic rings. The third kappa shape index (κ3) is 4.49. The number of fused-ring (bicyclic) bond motifs is 1. The Morgan fingerprint density at radius 2 is 1.86 bits per heavy atom. The maximum atomic E-state index is 14.1. The third-order valence-electron chi connectivity index (χ3n) is 7.66. The van der Waals surface area contributed by atoms with Gasteiger partial charge in [-0.3, -0.25) is 9.59 Å². The fraction of sp³-hybridized carbons (Fsp3) is 0.520. The molecule has 1 aromatic carbocycles. The highest BCUT2D eigenvalue weighted by Gasteiger charge is 2.55. The Balaban J connectivity index is 1.42. The zero-order valence-electron chi connectivity index (χ0n) is 19.8. The summed E-state index contributed by atoms with van der Waals surface area (Å²) in [4.78, 5) is 28.2. The van der Waals surface area contributed by atoms with Crippen molar-refractivity contribution in [1.29, 1.82) is 0 Å². The molecule has 5 atom stereocenters. The van der Waals surface area contributed by atoms with Gasteiger partial charge in [-0.2, -0.15) is 13.2 Å². The number of aromatic nitrogens is 1. The highest BCUT2D eigenvalue weighted by atomic mass is 19.4. The molecule has 36 heavy (non-hydrogen) atoms. The summed E-state index contributed by atoms with van der Waals surface area (Å²) in [6.45, 7) is 3.29. The van der Waals surface area contributed by atoms with Crippen molar-refractivity contribution in [1.82, 2.24) is 14.8 Å². The van der Waals surface area contributed by atoms with E-state index >= 15 is 0 Å². The summed E-state index contributed by atoms with van der Waals surface area (Å²) in [6.07, 6.45) is -3.60. The number of carbonyl (C=O) groups excluding carboxylic acids is 1. The maximum absolute atomic E-state index is 14.1. The average Bonchev–Trinajstić information content (AvgIpc) is 3.24. The number of alkyl halides is 5. The van der Waals surface area contributed by atoms with E-state index in [-0.39, 0.29) is 35.7 Å². The van der Waals surface area contributed by atoms with Gasteiger partial charge in [0.25, 0.3) is 17.4 Å². The molecule has 1 aromatic heterocycles. The van der Waals surface area contributed by atoms with Gasteiger partial charge in [0.05, 0.1) is 22.9 Å². The van der Waals surface area contributed by atoms with Crippen LogP contribution in [0, 0.1) is 11.8 Å². The van der Waals surface area contributed by atoms with E-state index in [2.05, 4.69) is 15.5 Å². The van der Waals surface area contributed by atoms with Crippen LogP contribution in [0.4, 0.5) is 27.6 Å². The molecule has 194 valence electrons.